The monoisotopic (exact) mass is 362 g/mol. The van der Waals surface area contributed by atoms with Gasteiger partial charge in [0, 0.05) is 13.2 Å². The van der Waals surface area contributed by atoms with Crippen molar-refractivity contribution in [3.63, 3.8) is 0 Å². The maximum Gasteiger partial charge on any atom is 0.409 e. The lowest BCUT2D eigenvalue weighted by atomic mass is 10.1. The molecule has 0 radical (unpaired) electrons. The van der Waals surface area contributed by atoms with Gasteiger partial charge in [0.15, 0.2) is 0 Å². The molecule has 0 aliphatic carbocycles. The van der Waals surface area contributed by atoms with E-state index in [4.69, 9.17) is 0 Å². The zero-order valence-corrected chi connectivity index (χ0v) is 13.6. The van der Waals surface area contributed by atoms with E-state index in [1.165, 1.54) is 24.3 Å². The highest BCUT2D eigenvalue weighted by molar-refractivity contribution is 7.89. The van der Waals surface area contributed by atoms with E-state index in [-0.39, 0.29) is 9.87 Å². The van der Waals surface area contributed by atoms with Gasteiger partial charge in [-0.15, -0.1) is 0 Å². The summed E-state index contributed by atoms with van der Waals surface area (Å²) in [5.41, 5.74) is 0.503. The van der Waals surface area contributed by atoms with Crippen molar-refractivity contribution in [2.75, 3.05) is 7.05 Å². The second-order valence-corrected chi connectivity index (χ2v) is 7.21. The van der Waals surface area contributed by atoms with Crippen molar-refractivity contribution in [1.29, 1.82) is 0 Å². The Morgan fingerprint density at radius 3 is 2.21 bits per heavy atom. The number of alkyl halides is 3. The standard InChI is InChI=1S/C15H14F4N2O2S/c1-10-3-5-11(6-4-10)14(15(17,18)19)21(2)24(22,23)13-7-12(16)8-20-9-13/h3-9,14H,1-2H3/t14-/m1/s1. The van der Waals surface area contributed by atoms with Gasteiger partial charge >= 0.3 is 6.18 Å². The van der Waals surface area contributed by atoms with Gasteiger partial charge in [-0.05, 0) is 18.6 Å². The summed E-state index contributed by atoms with van der Waals surface area (Å²) in [5, 5.41) is 0. The number of rotatable bonds is 4. The van der Waals surface area contributed by atoms with Crippen LogP contribution in [-0.2, 0) is 10.0 Å². The Hall–Kier alpha value is -2.00. The van der Waals surface area contributed by atoms with Crippen LogP contribution in [0.15, 0.2) is 47.6 Å². The van der Waals surface area contributed by atoms with Crippen molar-refractivity contribution < 1.29 is 26.0 Å². The highest BCUT2D eigenvalue weighted by Gasteiger charge is 2.47. The molecule has 1 heterocycles. The first-order valence-electron chi connectivity index (χ1n) is 6.75. The number of nitrogens with zero attached hydrogens (tertiary/aromatic N) is 2. The third-order valence-corrected chi connectivity index (χ3v) is 5.21. The van der Waals surface area contributed by atoms with Crippen molar-refractivity contribution in [2.45, 2.75) is 24.0 Å². The van der Waals surface area contributed by atoms with Crippen molar-refractivity contribution in [2.24, 2.45) is 0 Å². The lowest BCUT2D eigenvalue weighted by Crippen LogP contribution is -2.39. The Balaban J connectivity index is 2.52. The van der Waals surface area contributed by atoms with Gasteiger partial charge in [0.1, 0.15) is 16.8 Å². The zero-order valence-electron chi connectivity index (χ0n) is 12.7. The smallest absolute Gasteiger partial charge is 0.260 e. The number of hydrogen-bond donors (Lipinski definition) is 0. The molecule has 0 aliphatic rings. The Labute approximate surface area is 136 Å². The third-order valence-electron chi connectivity index (χ3n) is 3.42. The first-order valence-corrected chi connectivity index (χ1v) is 8.19. The van der Waals surface area contributed by atoms with Crippen LogP contribution < -0.4 is 0 Å². The molecule has 24 heavy (non-hydrogen) atoms. The highest BCUT2D eigenvalue weighted by atomic mass is 32.2. The first-order chi connectivity index (χ1) is 11.0. The van der Waals surface area contributed by atoms with Crippen LogP contribution in [0.2, 0.25) is 0 Å². The van der Waals surface area contributed by atoms with Gasteiger partial charge in [0.05, 0.1) is 6.20 Å². The number of aromatic nitrogens is 1. The minimum atomic E-state index is -4.85. The van der Waals surface area contributed by atoms with Crippen molar-refractivity contribution in [3.8, 4) is 0 Å². The minimum Gasteiger partial charge on any atom is -0.260 e. The number of hydrogen-bond acceptors (Lipinski definition) is 3. The van der Waals surface area contributed by atoms with Crippen LogP contribution in [0.1, 0.15) is 17.2 Å². The van der Waals surface area contributed by atoms with Crippen molar-refractivity contribution >= 4 is 10.0 Å². The largest absolute Gasteiger partial charge is 0.409 e. The molecule has 0 aliphatic heterocycles. The van der Waals surface area contributed by atoms with E-state index in [1.54, 1.807) is 6.92 Å². The Morgan fingerprint density at radius 1 is 1.12 bits per heavy atom. The summed E-state index contributed by atoms with van der Waals surface area (Å²) in [6, 6.07) is 3.57. The molecule has 0 fully saturated rings. The van der Waals surface area contributed by atoms with Crippen molar-refractivity contribution in [3.05, 3.63) is 59.7 Å². The lowest BCUT2D eigenvalue weighted by molar-refractivity contribution is -0.171. The fourth-order valence-electron chi connectivity index (χ4n) is 2.19. The van der Waals surface area contributed by atoms with E-state index >= 15 is 0 Å². The fourth-order valence-corrected chi connectivity index (χ4v) is 3.50. The van der Waals surface area contributed by atoms with E-state index in [1.807, 2.05) is 0 Å². The molecule has 0 bridgehead atoms. The van der Waals surface area contributed by atoms with Crippen LogP contribution in [0.25, 0.3) is 0 Å². The maximum atomic E-state index is 13.5. The number of aryl methyl sites for hydroxylation is 1. The summed E-state index contributed by atoms with van der Waals surface area (Å²) >= 11 is 0. The van der Waals surface area contributed by atoms with Crippen LogP contribution in [0.3, 0.4) is 0 Å². The Kier molecular flexibility index (Phi) is 4.95. The molecule has 4 nitrogen and oxygen atoms in total. The molecule has 1 aromatic heterocycles. The zero-order chi connectivity index (χ0) is 18.1. The Bertz CT molecular complexity index is 820. The van der Waals surface area contributed by atoms with Crippen LogP contribution in [-0.4, -0.2) is 30.9 Å². The lowest BCUT2D eigenvalue weighted by Gasteiger charge is -2.29. The molecule has 0 amide bonds. The van der Waals surface area contributed by atoms with Crippen LogP contribution in [0.5, 0.6) is 0 Å². The summed E-state index contributed by atoms with van der Waals surface area (Å²) in [6.07, 6.45) is -3.28. The SMILES string of the molecule is Cc1ccc([C@@H](N(C)S(=O)(=O)c2cncc(F)c2)C(F)(F)F)cc1. The number of pyridine rings is 1. The van der Waals surface area contributed by atoms with Gasteiger partial charge in [-0.25, -0.2) is 12.8 Å². The highest BCUT2D eigenvalue weighted by Crippen LogP contribution is 2.39. The van der Waals surface area contributed by atoms with Gasteiger partial charge in [0.25, 0.3) is 0 Å². The van der Waals surface area contributed by atoms with E-state index < -0.39 is 33.0 Å². The summed E-state index contributed by atoms with van der Waals surface area (Å²) in [4.78, 5) is 2.73. The molecule has 0 saturated heterocycles. The molecule has 0 saturated carbocycles. The van der Waals surface area contributed by atoms with E-state index in [2.05, 4.69) is 4.98 Å². The summed E-state index contributed by atoms with van der Waals surface area (Å²) in [6.45, 7) is 1.70. The Morgan fingerprint density at radius 2 is 1.71 bits per heavy atom. The third kappa shape index (κ3) is 3.73. The van der Waals surface area contributed by atoms with E-state index in [9.17, 15) is 26.0 Å². The fraction of sp³-hybridized carbons (Fsp3) is 0.267. The molecule has 0 spiro atoms. The number of benzene rings is 1. The van der Waals surface area contributed by atoms with E-state index in [0.717, 1.165) is 25.0 Å². The predicted octanol–water partition coefficient (Wildman–Crippen LogP) is 3.45. The second kappa shape index (κ2) is 6.48. The van der Waals surface area contributed by atoms with Crippen LogP contribution >= 0.6 is 0 Å². The molecule has 130 valence electrons. The van der Waals surface area contributed by atoms with Gasteiger partial charge in [-0.2, -0.15) is 17.5 Å². The molecule has 1 aromatic carbocycles. The van der Waals surface area contributed by atoms with Gasteiger partial charge < -0.3 is 0 Å². The first kappa shape index (κ1) is 18.3. The molecular formula is C15H14F4N2O2S. The van der Waals surface area contributed by atoms with Gasteiger partial charge in [-0.1, -0.05) is 29.8 Å². The molecular weight excluding hydrogens is 348 g/mol. The van der Waals surface area contributed by atoms with E-state index in [0.29, 0.717) is 6.07 Å². The number of sulfonamides is 1. The molecule has 2 rings (SSSR count). The number of halogens is 4. The quantitative estimate of drug-likeness (QED) is 0.783. The topological polar surface area (TPSA) is 50.3 Å². The molecule has 2 aromatic rings. The summed E-state index contributed by atoms with van der Waals surface area (Å²) in [5.74, 6) is -0.955. The molecule has 0 N–H and O–H groups in total. The minimum absolute atomic E-state index is 0.175. The molecule has 9 heteroatoms. The van der Waals surface area contributed by atoms with Gasteiger partial charge in [0.2, 0.25) is 10.0 Å². The normalized spacial score (nSPS) is 14.0. The predicted molar refractivity (Wildman–Crippen MR) is 79.1 cm³/mol. The average molecular weight is 362 g/mol. The maximum absolute atomic E-state index is 13.5. The van der Waals surface area contributed by atoms with Crippen LogP contribution in [0.4, 0.5) is 17.6 Å². The van der Waals surface area contributed by atoms with Crippen LogP contribution in [0, 0.1) is 12.7 Å². The summed E-state index contributed by atoms with van der Waals surface area (Å²) in [7, 11) is -3.79. The second-order valence-electron chi connectivity index (χ2n) is 5.21. The molecule has 1 atom stereocenters. The van der Waals surface area contributed by atoms with Gasteiger partial charge in [-0.3, -0.25) is 4.98 Å². The summed E-state index contributed by atoms with van der Waals surface area (Å²) < 4.78 is 78.7. The average Bonchev–Trinajstić information content (AvgIpc) is 2.48. The van der Waals surface area contributed by atoms with Crippen molar-refractivity contribution in [1.82, 2.24) is 9.29 Å². The molecule has 0 unspecified atom stereocenters.